The van der Waals surface area contributed by atoms with Crippen LogP contribution in [0.15, 0.2) is 0 Å². The number of hydrogen-bond donors (Lipinski definition) is 3. The molecule has 2 aliphatic rings. The first kappa shape index (κ1) is 12.6. The van der Waals surface area contributed by atoms with Gasteiger partial charge in [0, 0.05) is 18.4 Å². The van der Waals surface area contributed by atoms with Crippen LogP contribution in [0.2, 0.25) is 0 Å². The molecule has 0 radical (unpaired) electrons. The Bertz CT molecular complexity index is 217. The molecule has 0 aromatic heterocycles. The predicted octanol–water partition coefficient (Wildman–Crippen LogP) is -0.0161. The smallest absolute Gasteiger partial charge is 0.0795 e. The fraction of sp³-hybridized carbons (Fsp3) is 1.00. The maximum absolute atomic E-state index is 9.06. The van der Waals surface area contributed by atoms with Crippen LogP contribution in [0.4, 0.5) is 0 Å². The molecule has 0 amide bonds. The highest BCUT2D eigenvalue weighted by molar-refractivity contribution is 7.99. The third-order valence-electron chi connectivity index (χ3n) is 3.47. The molecule has 2 saturated heterocycles. The van der Waals surface area contributed by atoms with Gasteiger partial charge in [0.2, 0.25) is 0 Å². The van der Waals surface area contributed by atoms with Crippen LogP contribution in [0, 0.1) is 0 Å². The zero-order valence-corrected chi connectivity index (χ0v) is 10.3. The Hall–Kier alpha value is 0.190. The number of thioether (sulfide) groups is 1. The third kappa shape index (κ3) is 2.90. The molecule has 0 aromatic rings. The lowest BCUT2D eigenvalue weighted by atomic mass is 9.89. The maximum Gasteiger partial charge on any atom is 0.0795 e. The number of aliphatic hydroxyl groups excluding tert-OH is 2. The summed E-state index contributed by atoms with van der Waals surface area (Å²) >= 11 is 1.96. The van der Waals surface area contributed by atoms with Crippen LogP contribution in [0.25, 0.3) is 0 Å². The highest BCUT2D eigenvalue weighted by Gasteiger charge is 2.40. The molecule has 1 spiro atoms. The Morgan fingerprint density at radius 1 is 1.44 bits per heavy atom. The van der Waals surface area contributed by atoms with E-state index in [-0.39, 0.29) is 24.9 Å². The molecule has 0 aliphatic carbocycles. The molecule has 0 aromatic carbocycles. The van der Waals surface area contributed by atoms with Crippen LogP contribution < -0.4 is 5.32 Å². The number of aliphatic hydroxyl groups is 2. The molecule has 2 atom stereocenters. The van der Waals surface area contributed by atoms with E-state index in [2.05, 4.69) is 5.32 Å². The van der Waals surface area contributed by atoms with E-state index >= 15 is 0 Å². The number of hydrogen-bond acceptors (Lipinski definition) is 5. The van der Waals surface area contributed by atoms with E-state index in [4.69, 9.17) is 14.9 Å². The Morgan fingerprint density at radius 2 is 2.25 bits per heavy atom. The maximum atomic E-state index is 9.06. The predicted molar refractivity (Wildman–Crippen MR) is 64.7 cm³/mol. The standard InChI is InChI=1S/C11H21NO3S/c13-6-10(7-14)12-9-1-3-15-11(5-9)2-4-16-8-11/h9-10,12-14H,1-8H2. The van der Waals surface area contributed by atoms with Crippen molar-refractivity contribution in [3.63, 3.8) is 0 Å². The molecule has 0 saturated carbocycles. The molecule has 2 rings (SSSR count). The summed E-state index contributed by atoms with van der Waals surface area (Å²) in [6, 6.07) is 0.186. The molecule has 16 heavy (non-hydrogen) atoms. The van der Waals surface area contributed by atoms with Gasteiger partial charge in [-0.1, -0.05) is 0 Å². The summed E-state index contributed by atoms with van der Waals surface area (Å²) in [6.45, 7) is 0.785. The molecule has 2 unspecified atom stereocenters. The SMILES string of the molecule is OCC(CO)NC1CCOC2(CCSC2)C1. The minimum absolute atomic E-state index is 0.00436. The van der Waals surface area contributed by atoms with Crippen molar-refractivity contribution in [1.29, 1.82) is 0 Å². The first-order chi connectivity index (χ1) is 7.78. The van der Waals surface area contributed by atoms with Crippen molar-refractivity contribution in [2.24, 2.45) is 0 Å². The van der Waals surface area contributed by atoms with Crippen molar-refractivity contribution in [3.05, 3.63) is 0 Å². The van der Waals surface area contributed by atoms with Gasteiger partial charge in [0.1, 0.15) is 0 Å². The number of nitrogens with one attached hydrogen (secondary N) is 1. The molecule has 94 valence electrons. The third-order valence-corrected chi connectivity index (χ3v) is 4.70. The van der Waals surface area contributed by atoms with Gasteiger partial charge in [-0.2, -0.15) is 11.8 Å². The van der Waals surface area contributed by atoms with E-state index in [1.807, 2.05) is 11.8 Å². The molecular weight excluding hydrogens is 226 g/mol. The molecule has 5 heteroatoms. The Labute approximate surface area is 101 Å². The fourth-order valence-electron chi connectivity index (χ4n) is 2.53. The van der Waals surface area contributed by atoms with Gasteiger partial charge in [-0.15, -0.1) is 0 Å². The van der Waals surface area contributed by atoms with E-state index in [0.29, 0.717) is 6.04 Å². The molecule has 3 N–H and O–H groups in total. The highest BCUT2D eigenvalue weighted by Crippen LogP contribution is 2.38. The second kappa shape index (κ2) is 5.69. The molecular formula is C11H21NO3S. The topological polar surface area (TPSA) is 61.7 Å². The van der Waals surface area contributed by atoms with E-state index in [1.54, 1.807) is 0 Å². The molecule has 4 nitrogen and oxygen atoms in total. The minimum Gasteiger partial charge on any atom is -0.395 e. The summed E-state index contributed by atoms with van der Waals surface area (Å²) in [7, 11) is 0. The van der Waals surface area contributed by atoms with Crippen molar-refractivity contribution in [2.75, 3.05) is 31.3 Å². The van der Waals surface area contributed by atoms with Gasteiger partial charge in [0.05, 0.1) is 24.9 Å². The van der Waals surface area contributed by atoms with Crippen molar-refractivity contribution in [1.82, 2.24) is 5.32 Å². The van der Waals surface area contributed by atoms with E-state index in [9.17, 15) is 0 Å². The highest BCUT2D eigenvalue weighted by atomic mass is 32.2. The number of ether oxygens (including phenoxy) is 1. The summed E-state index contributed by atoms with van der Waals surface area (Å²) < 4.78 is 5.92. The average Bonchev–Trinajstić information content (AvgIpc) is 2.74. The Kier molecular flexibility index (Phi) is 4.49. The van der Waals surface area contributed by atoms with Crippen molar-refractivity contribution >= 4 is 11.8 Å². The zero-order chi connectivity index (χ0) is 11.4. The van der Waals surface area contributed by atoms with Gasteiger partial charge in [-0.25, -0.2) is 0 Å². The monoisotopic (exact) mass is 247 g/mol. The first-order valence-electron chi connectivity index (χ1n) is 5.97. The van der Waals surface area contributed by atoms with Crippen LogP contribution >= 0.6 is 11.8 Å². The first-order valence-corrected chi connectivity index (χ1v) is 7.13. The number of rotatable bonds is 4. The second-order valence-electron chi connectivity index (χ2n) is 4.75. The van der Waals surface area contributed by atoms with Crippen molar-refractivity contribution in [3.8, 4) is 0 Å². The fourth-order valence-corrected chi connectivity index (χ4v) is 3.91. The molecule has 0 bridgehead atoms. The van der Waals surface area contributed by atoms with Crippen LogP contribution in [0.3, 0.4) is 0 Å². The van der Waals surface area contributed by atoms with Crippen molar-refractivity contribution in [2.45, 2.75) is 36.9 Å². The minimum atomic E-state index is -0.186. The van der Waals surface area contributed by atoms with Gasteiger partial charge in [0.25, 0.3) is 0 Å². The van der Waals surface area contributed by atoms with Crippen LogP contribution in [-0.2, 0) is 4.74 Å². The summed E-state index contributed by atoms with van der Waals surface area (Å²) in [5.74, 6) is 2.28. The van der Waals surface area contributed by atoms with Crippen molar-refractivity contribution < 1.29 is 14.9 Å². The van der Waals surface area contributed by atoms with E-state index in [0.717, 1.165) is 31.6 Å². The lowest BCUT2D eigenvalue weighted by Crippen LogP contribution is -2.51. The van der Waals surface area contributed by atoms with E-state index in [1.165, 1.54) is 5.75 Å². The summed E-state index contributed by atoms with van der Waals surface area (Å²) in [4.78, 5) is 0. The van der Waals surface area contributed by atoms with Gasteiger partial charge in [-0.05, 0) is 25.0 Å². The Morgan fingerprint density at radius 3 is 2.88 bits per heavy atom. The van der Waals surface area contributed by atoms with Crippen LogP contribution in [0.1, 0.15) is 19.3 Å². The Balaban J connectivity index is 1.86. The van der Waals surface area contributed by atoms with Gasteiger partial charge < -0.3 is 20.3 Å². The summed E-state index contributed by atoms with van der Waals surface area (Å²) in [5.41, 5.74) is 0.0655. The van der Waals surface area contributed by atoms with Gasteiger partial charge in [-0.3, -0.25) is 0 Å². The van der Waals surface area contributed by atoms with Crippen LogP contribution in [0.5, 0.6) is 0 Å². The lowest BCUT2D eigenvalue weighted by Gasteiger charge is -2.39. The lowest BCUT2D eigenvalue weighted by molar-refractivity contribution is -0.0727. The average molecular weight is 247 g/mol. The zero-order valence-electron chi connectivity index (χ0n) is 9.52. The summed E-state index contributed by atoms with van der Waals surface area (Å²) in [6.07, 6.45) is 3.12. The van der Waals surface area contributed by atoms with E-state index < -0.39 is 0 Å². The second-order valence-corrected chi connectivity index (χ2v) is 5.86. The van der Waals surface area contributed by atoms with Crippen LogP contribution in [-0.4, -0.2) is 59.2 Å². The molecule has 2 fully saturated rings. The largest absolute Gasteiger partial charge is 0.395 e. The van der Waals surface area contributed by atoms with Gasteiger partial charge >= 0.3 is 0 Å². The summed E-state index contributed by atoms with van der Waals surface area (Å²) in [5, 5.41) is 21.4. The van der Waals surface area contributed by atoms with Gasteiger partial charge in [0.15, 0.2) is 0 Å². The normalized spacial score (nSPS) is 35.1. The molecule has 2 heterocycles. The molecule has 2 aliphatic heterocycles. The quantitative estimate of drug-likeness (QED) is 0.652.